The Hall–Kier alpha value is -0.820. The van der Waals surface area contributed by atoms with E-state index in [0.717, 1.165) is 13.1 Å². The molecule has 0 aliphatic rings. The SMILES string of the molecule is CC(C)CN=C(N)NCC(C)COCc1ccccc1.I. The molecule has 5 heteroatoms. The number of hydrogen-bond acceptors (Lipinski definition) is 2. The summed E-state index contributed by atoms with van der Waals surface area (Å²) in [5.74, 6) is 1.45. The van der Waals surface area contributed by atoms with Gasteiger partial charge in [0, 0.05) is 13.1 Å². The molecule has 0 saturated heterocycles. The molecule has 0 radical (unpaired) electrons. The van der Waals surface area contributed by atoms with Gasteiger partial charge in [0.25, 0.3) is 0 Å². The number of rotatable bonds is 8. The van der Waals surface area contributed by atoms with Crippen molar-refractivity contribution in [3.8, 4) is 0 Å². The Morgan fingerprint density at radius 1 is 1.24 bits per heavy atom. The first-order valence-corrected chi connectivity index (χ1v) is 7.23. The van der Waals surface area contributed by atoms with E-state index in [1.54, 1.807) is 0 Å². The number of nitrogens with two attached hydrogens (primary N) is 1. The van der Waals surface area contributed by atoms with E-state index in [1.165, 1.54) is 5.56 Å². The minimum Gasteiger partial charge on any atom is -0.376 e. The number of benzene rings is 1. The molecule has 1 rings (SSSR count). The molecule has 0 bridgehead atoms. The van der Waals surface area contributed by atoms with Crippen molar-refractivity contribution in [2.75, 3.05) is 19.7 Å². The van der Waals surface area contributed by atoms with Crippen LogP contribution in [-0.4, -0.2) is 25.7 Å². The molecule has 0 spiro atoms. The van der Waals surface area contributed by atoms with Crippen LogP contribution < -0.4 is 11.1 Å². The summed E-state index contributed by atoms with van der Waals surface area (Å²) in [5, 5.41) is 3.13. The molecule has 1 atom stereocenters. The lowest BCUT2D eigenvalue weighted by molar-refractivity contribution is 0.0931. The summed E-state index contributed by atoms with van der Waals surface area (Å²) in [6.45, 7) is 9.28. The van der Waals surface area contributed by atoms with E-state index in [1.807, 2.05) is 18.2 Å². The highest BCUT2D eigenvalue weighted by atomic mass is 127. The van der Waals surface area contributed by atoms with Crippen LogP contribution in [0.2, 0.25) is 0 Å². The van der Waals surface area contributed by atoms with E-state index < -0.39 is 0 Å². The maximum Gasteiger partial charge on any atom is 0.188 e. The molecular weight excluding hydrogens is 377 g/mol. The molecule has 3 N–H and O–H groups in total. The zero-order valence-corrected chi connectivity index (χ0v) is 15.5. The molecule has 4 nitrogen and oxygen atoms in total. The summed E-state index contributed by atoms with van der Waals surface area (Å²) in [4.78, 5) is 4.27. The molecule has 1 aromatic carbocycles. The highest BCUT2D eigenvalue weighted by molar-refractivity contribution is 14.0. The Bertz CT molecular complexity index is 396. The second-order valence-corrected chi connectivity index (χ2v) is 5.61. The number of aliphatic imine (C=N–C) groups is 1. The van der Waals surface area contributed by atoms with Crippen molar-refractivity contribution in [2.45, 2.75) is 27.4 Å². The lowest BCUT2D eigenvalue weighted by atomic mass is 10.2. The molecule has 0 amide bonds. The Morgan fingerprint density at radius 2 is 1.90 bits per heavy atom. The van der Waals surface area contributed by atoms with Gasteiger partial charge >= 0.3 is 0 Å². The van der Waals surface area contributed by atoms with E-state index in [4.69, 9.17) is 10.5 Å². The van der Waals surface area contributed by atoms with Crippen molar-refractivity contribution in [3.63, 3.8) is 0 Å². The smallest absolute Gasteiger partial charge is 0.188 e. The van der Waals surface area contributed by atoms with E-state index in [0.29, 0.717) is 31.0 Å². The second-order valence-electron chi connectivity index (χ2n) is 5.61. The molecule has 0 fully saturated rings. The van der Waals surface area contributed by atoms with Gasteiger partial charge in [-0.05, 0) is 17.4 Å². The maximum absolute atomic E-state index is 5.79. The summed E-state index contributed by atoms with van der Waals surface area (Å²) in [6, 6.07) is 10.2. The van der Waals surface area contributed by atoms with Crippen molar-refractivity contribution in [2.24, 2.45) is 22.6 Å². The molecule has 0 aromatic heterocycles. The number of ether oxygens (including phenoxy) is 1. The third kappa shape index (κ3) is 10.5. The third-order valence-corrected chi connectivity index (χ3v) is 2.77. The van der Waals surface area contributed by atoms with Crippen LogP contribution in [0.1, 0.15) is 26.3 Å². The molecule has 120 valence electrons. The van der Waals surface area contributed by atoms with Crippen molar-refractivity contribution in [3.05, 3.63) is 35.9 Å². The summed E-state index contributed by atoms with van der Waals surface area (Å²) < 4.78 is 5.69. The summed E-state index contributed by atoms with van der Waals surface area (Å²) in [6.07, 6.45) is 0. The van der Waals surface area contributed by atoms with E-state index in [-0.39, 0.29) is 24.0 Å². The highest BCUT2D eigenvalue weighted by Crippen LogP contribution is 2.02. The van der Waals surface area contributed by atoms with Crippen LogP contribution in [-0.2, 0) is 11.3 Å². The minimum absolute atomic E-state index is 0. The number of hydrogen-bond donors (Lipinski definition) is 2. The van der Waals surface area contributed by atoms with Crippen molar-refractivity contribution >= 4 is 29.9 Å². The Labute approximate surface area is 145 Å². The predicted octanol–water partition coefficient (Wildman–Crippen LogP) is 3.02. The van der Waals surface area contributed by atoms with Gasteiger partial charge in [-0.2, -0.15) is 0 Å². The van der Waals surface area contributed by atoms with Crippen LogP contribution in [0, 0.1) is 11.8 Å². The van der Waals surface area contributed by atoms with Gasteiger partial charge in [0.1, 0.15) is 0 Å². The fraction of sp³-hybridized carbons (Fsp3) is 0.562. The van der Waals surface area contributed by atoms with Gasteiger partial charge < -0.3 is 15.8 Å². The van der Waals surface area contributed by atoms with Crippen LogP contribution in [0.15, 0.2) is 35.3 Å². The number of guanidine groups is 1. The van der Waals surface area contributed by atoms with Gasteiger partial charge in [-0.3, -0.25) is 4.99 Å². The van der Waals surface area contributed by atoms with Gasteiger partial charge in [0.05, 0.1) is 13.2 Å². The molecule has 1 unspecified atom stereocenters. The summed E-state index contributed by atoms with van der Waals surface area (Å²) in [7, 11) is 0. The molecule has 21 heavy (non-hydrogen) atoms. The van der Waals surface area contributed by atoms with Crippen molar-refractivity contribution < 1.29 is 4.74 Å². The first-order chi connectivity index (χ1) is 9.58. The Kier molecular flexibility index (Phi) is 11.3. The van der Waals surface area contributed by atoms with Gasteiger partial charge in [-0.1, -0.05) is 51.1 Å². The molecule has 0 aliphatic heterocycles. The molecule has 0 aliphatic carbocycles. The van der Waals surface area contributed by atoms with Gasteiger partial charge in [0.15, 0.2) is 5.96 Å². The fourth-order valence-corrected chi connectivity index (χ4v) is 1.63. The average Bonchev–Trinajstić information content (AvgIpc) is 2.44. The lowest BCUT2D eigenvalue weighted by Gasteiger charge is -2.14. The Morgan fingerprint density at radius 3 is 2.52 bits per heavy atom. The summed E-state index contributed by atoms with van der Waals surface area (Å²) >= 11 is 0. The average molecular weight is 405 g/mol. The third-order valence-electron chi connectivity index (χ3n) is 2.77. The monoisotopic (exact) mass is 405 g/mol. The molecule has 0 heterocycles. The summed E-state index contributed by atoms with van der Waals surface area (Å²) in [5.41, 5.74) is 6.99. The quantitative estimate of drug-likeness (QED) is 0.397. The van der Waals surface area contributed by atoms with Crippen LogP contribution in [0.5, 0.6) is 0 Å². The van der Waals surface area contributed by atoms with E-state index >= 15 is 0 Å². The normalized spacial score (nSPS) is 12.9. The highest BCUT2D eigenvalue weighted by Gasteiger charge is 2.03. The maximum atomic E-state index is 5.79. The van der Waals surface area contributed by atoms with E-state index in [9.17, 15) is 0 Å². The lowest BCUT2D eigenvalue weighted by Crippen LogP contribution is -2.36. The second kappa shape index (κ2) is 11.8. The Balaban J connectivity index is 0.00000400. The van der Waals surface area contributed by atoms with Crippen LogP contribution >= 0.6 is 24.0 Å². The van der Waals surface area contributed by atoms with Crippen molar-refractivity contribution in [1.82, 2.24) is 5.32 Å². The predicted molar refractivity (Wildman–Crippen MR) is 100 cm³/mol. The first-order valence-electron chi connectivity index (χ1n) is 7.23. The zero-order valence-electron chi connectivity index (χ0n) is 13.2. The molecule has 1 aromatic rings. The largest absolute Gasteiger partial charge is 0.376 e. The number of nitrogens with one attached hydrogen (secondary N) is 1. The van der Waals surface area contributed by atoms with Crippen LogP contribution in [0.4, 0.5) is 0 Å². The van der Waals surface area contributed by atoms with Gasteiger partial charge in [0.2, 0.25) is 0 Å². The zero-order chi connectivity index (χ0) is 14.8. The minimum atomic E-state index is 0. The fourth-order valence-electron chi connectivity index (χ4n) is 1.63. The van der Waals surface area contributed by atoms with Crippen LogP contribution in [0.25, 0.3) is 0 Å². The van der Waals surface area contributed by atoms with Gasteiger partial charge in [-0.25, -0.2) is 0 Å². The first kappa shape index (κ1) is 20.2. The standard InChI is InChI=1S/C16H27N3O.HI/c1-13(2)9-18-16(17)19-10-14(3)11-20-12-15-7-5-4-6-8-15;/h4-8,13-14H,9-12H2,1-3H3,(H3,17,18,19);1H. The molecule has 0 saturated carbocycles. The topological polar surface area (TPSA) is 59.6 Å². The van der Waals surface area contributed by atoms with Crippen molar-refractivity contribution in [1.29, 1.82) is 0 Å². The number of halogens is 1. The van der Waals surface area contributed by atoms with Gasteiger partial charge in [-0.15, -0.1) is 24.0 Å². The number of nitrogens with zero attached hydrogens (tertiary/aromatic N) is 1. The molecular formula is C16H28IN3O. The van der Waals surface area contributed by atoms with E-state index in [2.05, 4.69) is 43.2 Å². The van der Waals surface area contributed by atoms with Crippen LogP contribution in [0.3, 0.4) is 0 Å².